The molecule has 72 valence electrons. The Morgan fingerprint density at radius 1 is 1.25 bits per heavy atom. The summed E-state index contributed by atoms with van der Waals surface area (Å²) in [5.41, 5.74) is 0.525. The van der Waals surface area contributed by atoms with Crippen molar-refractivity contribution in [3.8, 4) is 0 Å². The Hall–Kier alpha value is 0.220. The van der Waals surface area contributed by atoms with E-state index in [1.54, 1.807) is 0 Å². The number of rotatable bonds is 7. The van der Waals surface area contributed by atoms with Crippen LogP contribution < -0.4 is 0 Å². The number of unbranched alkanes of at least 4 members (excludes halogenated alkanes) is 1. The molecule has 0 unspecified atom stereocenters. The maximum atomic E-state index is 3.73. The van der Waals surface area contributed by atoms with Gasteiger partial charge >= 0.3 is 0 Å². The molecule has 0 fully saturated rings. The normalized spacial score (nSPS) is 11.6. The van der Waals surface area contributed by atoms with Gasteiger partial charge in [0.2, 0.25) is 0 Å². The van der Waals surface area contributed by atoms with Gasteiger partial charge in [0, 0.05) is 5.33 Å². The third-order valence-electron chi connectivity index (χ3n) is 2.25. The number of hydrogen-bond donors (Lipinski definition) is 0. The Labute approximate surface area is 85.6 Å². The zero-order valence-electron chi connectivity index (χ0n) is 8.41. The van der Waals surface area contributed by atoms with E-state index in [2.05, 4.69) is 36.4 Å². The highest BCUT2D eigenvalue weighted by molar-refractivity contribution is 9.09. The molecule has 0 radical (unpaired) electrons. The van der Waals surface area contributed by atoms with Gasteiger partial charge in [-0.2, -0.15) is 0 Å². The summed E-state index contributed by atoms with van der Waals surface area (Å²) in [5.74, 6) is 0. The van der Waals surface area contributed by atoms with E-state index < -0.39 is 0 Å². The van der Waals surface area contributed by atoms with Crippen LogP contribution in [0.25, 0.3) is 0 Å². The molecule has 0 amide bonds. The SMILES string of the molecule is C=CCCCC(C)(C)CCCBr. The van der Waals surface area contributed by atoms with Gasteiger partial charge in [0.1, 0.15) is 0 Å². The Morgan fingerprint density at radius 2 is 1.83 bits per heavy atom. The first-order valence-corrected chi connectivity index (χ1v) is 5.91. The van der Waals surface area contributed by atoms with Crippen molar-refractivity contribution < 1.29 is 0 Å². The van der Waals surface area contributed by atoms with Crippen LogP contribution >= 0.6 is 15.9 Å². The fraction of sp³-hybridized carbons (Fsp3) is 0.818. The van der Waals surface area contributed by atoms with Crippen molar-refractivity contribution >= 4 is 15.9 Å². The summed E-state index contributed by atoms with van der Waals surface area (Å²) >= 11 is 3.47. The summed E-state index contributed by atoms with van der Waals surface area (Å²) in [7, 11) is 0. The Kier molecular flexibility index (Phi) is 6.83. The number of allylic oxidation sites excluding steroid dienone is 1. The highest BCUT2D eigenvalue weighted by atomic mass is 79.9. The summed E-state index contributed by atoms with van der Waals surface area (Å²) < 4.78 is 0. The molecule has 0 aromatic rings. The van der Waals surface area contributed by atoms with E-state index in [-0.39, 0.29) is 0 Å². The quantitative estimate of drug-likeness (QED) is 0.344. The molecule has 0 rings (SSSR count). The summed E-state index contributed by atoms with van der Waals surface area (Å²) in [6.45, 7) is 8.45. The van der Waals surface area contributed by atoms with Crippen molar-refractivity contribution in [3.63, 3.8) is 0 Å². The monoisotopic (exact) mass is 232 g/mol. The van der Waals surface area contributed by atoms with Crippen LogP contribution in [0, 0.1) is 5.41 Å². The second kappa shape index (κ2) is 6.71. The van der Waals surface area contributed by atoms with E-state index in [0.717, 1.165) is 11.8 Å². The fourth-order valence-electron chi connectivity index (χ4n) is 1.40. The molecule has 0 spiro atoms. The highest BCUT2D eigenvalue weighted by Gasteiger charge is 2.15. The third-order valence-corrected chi connectivity index (χ3v) is 2.81. The molecule has 0 aliphatic heterocycles. The lowest BCUT2D eigenvalue weighted by Gasteiger charge is -2.23. The van der Waals surface area contributed by atoms with Crippen molar-refractivity contribution in [2.24, 2.45) is 5.41 Å². The first kappa shape index (κ1) is 12.2. The van der Waals surface area contributed by atoms with Crippen molar-refractivity contribution in [1.82, 2.24) is 0 Å². The molecule has 0 bridgehead atoms. The molecule has 0 saturated carbocycles. The van der Waals surface area contributed by atoms with Gasteiger partial charge in [-0.15, -0.1) is 6.58 Å². The molecule has 0 aliphatic carbocycles. The average Bonchev–Trinajstić information content (AvgIpc) is 2.01. The molecule has 0 aromatic carbocycles. The molecule has 0 saturated heterocycles. The average molecular weight is 233 g/mol. The molecule has 0 N–H and O–H groups in total. The largest absolute Gasteiger partial charge is 0.103 e. The van der Waals surface area contributed by atoms with Crippen LogP contribution in [-0.4, -0.2) is 5.33 Å². The standard InChI is InChI=1S/C11H21Br/c1-4-5-6-8-11(2,3)9-7-10-12/h4H,1,5-10H2,2-3H3. The molecule has 0 aliphatic rings. The lowest BCUT2D eigenvalue weighted by molar-refractivity contribution is 0.298. The molecular weight excluding hydrogens is 212 g/mol. The predicted molar refractivity (Wildman–Crippen MR) is 60.9 cm³/mol. The van der Waals surface area contributed by atoms with E-state index in [1.807, 2.05) is 6.08 Å². The van der Waals surface area contributed by atoms with Crippen molar-refractivity contribution in [3.05, 3.63) is 12.7 Å². The first-order valence-electron chi connectivity index (χ1n) is 4.79. The van der Waals surface area contributed by atoms with Crippen molar-refractivity contribution in [2.45, 2.75) is 46.0 Å². The van der Waals surface area contributed by atoms with Crippen LogP contribution in [0.5, 0.6) is 0 Å². The van der Waals surface area contributed by atoms with Gasteiger partial charge in [-0.3, -0.25) is 0 Å². The summed E-state index contributed by atoms with van der Waals surface area (Å²) in [4.78, 5) is 0. The van der Waals surface area contributed by atoms with E-state index in [9.17, 15) is 0 Å². The Bertz CT molecular complexity index is 116. The molecule has 0 aromatic heterocycles. The van der Waals surface area contributed by atoms with Crippen LogP contribution in [0.3, 0.4) is 0 Å². The Balaban J connectivity index is 3.48. The molecular formula is C11H21Br. The minimum absolute atomic E-state index is 0.525. The molecule has 0 nitrogen and oxygen atoms in total. The van der Waals surface area contributed by atoms with E-state index in [4.69, 9.17) is 0 Å². The molecule has 1 heteroatoms. The van der Waals surface area contributed by atoms with Gasteiger partial charge in [0.05, 0.1) is 0 Å². The van der Waals surface area contributed by atoms with E-state index in [1.165, 1.54) is 25.7 Å². The fourth-order valence-corrected chi connectivity index (χ4v) is 1.68. The Morgan fingerprint density at radius 3 is 2.33 bits per heavy atom. The lowest BCUT2D eigenvalue weighted by Crippen LogP contribution is -2.10. The van der Waals surface area contributed by atoms with E-state index >= 15 is 0 Å². The van der Waals surface area contributed by atoms with Crippen molar-refractivity contribution in [1.29, 1.82) is 0 Å². The topological polar surface area (TPSA) is 0 Å². The molecule has 0 heterocycles. The zero-order valence-corrected chi connectivity index (χ0v) is 9.99. The maximum absolute atomic E-state index is 3.73. The predicted octanol–water partition coefficient (Wildman–Crippen LogP) is 4.54. The smallest absolute Gasteiger partial charge is 0.00315 e. The minimum atomic E-state index is 0.525. The second-order valence-electron chi connectivity index (χ2n) is 4.14. The van der Waals surface area contributed by atoms with Crippen LogP contribution in [0.4, 0.5) is 0 Å². The molecule has 0 atom stereocenters. The molecule has 12 heavy (non-hydrogen) atoms. The number of hydrogen-bond acceptors (Lipinski definition) is 0. The van der Waals surface area contributed by atoms with Crippen LogP contribution in [0.1, 0.15) is 46.0 Å². The highest BCUT2D eigenvalue weighted by Crippen LogP contribution is 2.29. The number of halogens is 1. The third kappa shape index (κ3) is 6.90. The zero-order chi connectivity index (χ0) is 9.45. The minimum Gasteiger partial charge on any atom is -0.103 e. The number of alkyl halides is 1. The summed E-state index contributed by atoms with van der Waals surface area (Å²) in [5, 5.41) is 1.14. The van der Waals surface area contributed by atoms with Crippen LogP contribution in [0.15, 0.2) is 12.7 Å². The van der Waals surface area contributed by atoms with Gasteiger partial charge in [-0.1, -0.05) is 35.9 Å². The van der Waals surface area contributed by atoms with E-state index in [0.29, 0.717) is 5.41 Å². The van der Waals surface area contributed by atoms with Gasteiger partial charge in [-0.25, -0.2) is 0 Å². The van der Waals surface area contributed by atoms with Gasteiger partial charge in [0.25, 0.3) is 0 Å². The lowest BCUT2D eigenvalue weighted by atomic mass is 9.83. The van der Waals surface area contributed by atoms with Crippen molar-refractivity contribution in [2.75, 3.05) is 5.33 Å². The second-order valence-corrected chi connectivity index (χ2v) is 4.93. The van der Waals surface area contributed by atoms with Gasteiger partial charge in [-0.05, 0) is 37.5 Å². The van der Waals surface area contributed by atoms with Crippen LogP contribution in [-0.2, 0) is 0 Å². The van der Waals surface area contributed by atoms with Gasteiger partial charge < -0.3 is 0 Å². The maximum Gasteiger partial charge on any atom is 0.00315 e. The summed E-state index contributed by atoms with van der Waals surface area (Å²) in [6.07, 6.45) is 8.42. The first-order chi connectivity index (χ1) is 5.62. The summed E-state index contributed by atoms with van der Waals surface area (Å²) in [6, 6.07) is 0. The van der Waals surface area contributed by atoms with Gasteiger partial charge in [0.15, 0.2) is 0 Å². The van der Waals surface area contributed by atoms with Crippen LogP contribution in [0.2, 0.25) is 0 Å².